The molecule has 0 atom stereocenters. The molecule has 174 valence electrons. The monoisotopic (exact) mass is 468 g/mol. The van der Waals surface area contributed by atoms with Gasteiger partial charge in [0, 0.05) is 36.1 Å². The first-order chi connectivity index (χ1) is 15.8. The molecule has 2 amide bonds. The standard InChI is InChI=1S/C25H29ClN4O3/c1-17(2)13-29(24(32)16-33-4)15-23(31)28-25-27-22(19-7-9-20(26)10-8-19)14-30(25)21-11-5-18(3)6-12-21/h5-12,14,17H,13,15-16H2,1-4H3,(H,27,28,31). The number of nitrogens with zero attached hydrogens (tertiary/aromatic N) is 3. The molecule has 3 rings (SSSR count). The van der Waals surface area contributed by atoms with Gasteiger partial charge in [0.25, 0.3) is 0 Å². The second kappa shape index (κ2) is 11.1. The molecule has 3 aromatic rings. The Hall–Kier alpha value is -3.16. The van der Waals surface area contributed by atoms with Crippen LogP contribution in [-0.2, 0) is 14.3 Å². The molecule has 1 aromatic heterocycles. The number of hydrogen-bond donors (Lipinski definition) is 1. The molecular weight excluding hydrogens is 440 g/mol. The summed E-state index contributed by atoms with van der Waals surface area (Å²) in [5.74, 6) is 0.0222. The highest BCUT2D eigenvalue weighted by Crippen LogP contribution is 2.25. The van der Waals surface area contributed by atoms with Crippen LogP contribution in [0.4, 0.5) is 5.95 Å². The van der Waals surface area contributed by atoms with Gasteiger partial charge in [0.05, 0.1) is 5.69 Å². The quantitative estimate of drug-likeness (QED) is 0.499. The van der Waals surface area contributed by atoms with E-state index in [9.17, 15) is 9.59 Å². The summed E-state index contributed by atoms with van der Waals surface area (Å²) in [6.07, 6.45) is 1.87. The second-order valence-electron chi connectivity index (χ2n) is 8.31. The van der Waals surface area contributed by atoms with Crippen molar-refractivity contribution < 1.29 is 14.3 Å². The number of aromatic nitrogens is 2. The summed E-state index contributed by atoms with van der Waals surface area (Å²) in [6, 6.07) is 15.3. The number of nitrogens with one attached hydrogen (secondary N) is 1. The lowest BCUT2D eigenvalue weighted by atomic mass is 10.2. The molecule has 33 heavy (non-hydrogen) atoms. The lowest BCUT2D eigenvalue weighted by Gasteiger charge is -2.23. The molecule has 1 heterocycles. The van der Waals surface area contributed by atoms with Crippen LogP contribution in [0.3, 0.4) is 0 Å². The highest BCUT2D eigenvalue weighted by atomic mass is 35.5. The van der Waals surface area contributed by atoms with Crippen LogP contribution in [0.2, 0.25) is 5.02 Å². The smallest absolute Gasteiger partial charge is 0.249 e. The Morgan fingerprint density at radius 3 is 2.39 bits per heavy atom. The Bertz CT molecular complexity index is 1090. The Morgan fingerprint density at radius 2 is 1.79 bits per heavy atom. The predicted octanol–water partition coefficient (Wildman–Crippen LogP) is 4.57. The fourth-order valence-electron chi connectivity index (χ4n) is 3.38. The first kappa shape index (κ1) is 24.5. The SMILES string of the molecule is COCC(=O)N(CC(=O)Nc1nc(-c2ccc(Cl)cc2)cn1-c1ccc(C)cc1)CC(C)C. The van der Waals surface area contributed by atoms with Crippen molar-refractivity contribution in [2.75, 3.05) is 32.1 Å². The summed E-state index contributed by atoms with van der Waals surface area (Å²) in [4.78, 5) is 31.5. The number of rotatable bonds is 9. The second-order valence-corrected chi connectivity index (χ2v) is 8.75. The van der Waals surface area contributed by atoms with Gasteiger partial charge in [0.1, 0.15) is 13.2 Å². The van der Waals surface area contributed by atoms with Gasteiger partial charge in [-0.25, -0.2) is 4.98 Å². The van der Waals surface area contributed by atoms with E-state index < -0.39 is 0 Å². The van der Waals surface area contributed by atoms with E-state index in [-0.39, 0.29) is 30.9 Å². The first-order valence-corrected chi connectivity index (χ1v) is 11.1. The van der Waals surface area contributed by atoms with Crippen LogP contribution < -0.4 is 5.32 Å². The average molecular weight is 469 g/mol. The van der Waals surface area contributed by atoms with Crippen LogP contribution in [0.25, 0.3) is 16.9 Å². The molecule has 0 radical (unpaired) electrons. The highest BCUT2D eigenvalue weighted by molar-refractivity contribution is 6.30. The van der Waals surface area contributed by atoms with Crippen LogP contribution in [0.15, 0.2) is 54.7 Å². The van der Waals surface area contributed by atoms with Crippen LogP contribution in [-0.4, -0.2) is 53.1 Å². The molecule has 7 nitrogen and oxygen atoms in total. The van der Waals surface area contributed by atoms with Gasteiger partial charge in [-0.3, -0.25) is 19.5 Å². The number of imidazole rings is 1. The van der Waals surface area contributed by atoms with Crippen LogP contribution >= 0.6 is 11.6 Å². The van der Waals surface area contributed by atoms with E-state index in [2.05, 4.69) is 10.3 Å². The Morgan fingerprint density at radius 1 is 1.12 bits per heavy atom. The van der Waals surface area contributed by atoms with Crippen molar-refractivity contribution in [2.45, 2.75) is 20.8 Å². The van der Waals surface area contributed by atoms with Gasteiger partial charge in [-0.1, -0.05) is 55.3 Å². The number of ether oxygens (including phenoxy) is 1. The van der Waals surface area contributed by atoms with Gasteiger partial charge >= 0.3 is 0 Å². The molecule has 8 heteroatoms. The molecule has 0 bridgehead atoms. The zero-order valence-electron chi connectivity index (χ0n) is 19.3. The number of carbonyl (C=O) groups is 2. The van der Waals surface area contributed by atoms with E-state index in [1.54, 1.807) is 12.1 Å². The maximum absolute atomic E-state index is 12.9. The summed E-state index contributed by atoms with van der Waals surface area (Å²) in [5.41, 5.74) is 3.55. The lowest BCUT2D eigenvalue weighted by Crippen LogP contribution is -2.42. The largest absolute Gasteiger partial charge is 0.375 e. The Balaban J connectivity index is 1.89. The van der Waals surface area contributed by atoms with Crippen molar-refractivity contribution in [2.24, 2.45) is 5.92 Å². The Labute approximate surface area is 199 Å². The minimum absolute atomic E-state index is 0.0707. The van der Waals surface area contributed by atoms with Gasteiger partial charge in [-0.15, -0.1) is 0 Å². The van der Waals surface area contributed by atoms with Crippen molar-refractivity contribution >= 4 is 29.4 Å². The highest BCUT2D eigenvalue weighted by Gasteiger charge is 2.20. The van der Waals surface area contributed by atoms with Crippen molar-refractivity contribution in [3.63, 3.8) is 0 Å². The van der Waals surface area contributed by atoms with Gasteiger partial charge in [0.2, 0.25) is 17.8 Å². The zero-order chi connectivity index (χ0) is 24.0. The molecule has 0 saturated heterocycles. The number of aryl methyl sites for hydroxylation is 1. The van der Waals surface area contributed by atoms with Crippen LogP contribution in [0.1, 0.15) is 19.4 Å². The number of benzene rings is 2. The maximum Gasteiger partial charge on any atom is 0.249 e. The Kier molecular flexibility index (Phi) is 8.25. The molecule has 0 aliphatic heterocycles. The molecular formula is C25H29ClN4O3. The van der Waals surface area contributed by atoms with Crippen molar-refractivity contribution in [3.05, 3.63) is 65.3 Å². The summed E-state index contributed by atoms with van der Waals surface area (Å²) >= 11 is 6.02. The minimum Gasteiger partial charge on any atom is -0.375 e. The summed E-state index contributed by atoms with van der Waals surface area (Å²) in [5, 5.41) is 3.51. The topological polar surface area (TPSA) is 76.5 Å². The van der Waals surface area contributed by atoms with E-state index >= 15 is 0 Å². The number of carbonyl (C=O) groups excluding carboxylic acids is 2. The summed E-state index contributed by atoms with van der Waals surface area (Å²) in [6.45, 7) is 6.30. The molecule has 0 saturated carbocycles. The molecule has 0 fully saturated rings. The third kappa shape index (κ3) is 6.66. The number of amides is 2. The van der Waals surface area contributed by atoms with Gasteiger partial charge in [-0.2, -0.15) is 0 Å². The lowest BCUT2D eigenvalue weighted by molar-refractivity contribution is -0.138. The molecule has 1 N–H and O–H groups in total. The van der Waals surface area contributed by atoms with Crippen molar-refractivity contribution in [3.8, 4) is 16.9 Å². The maximum atomic E-state index is 12.9. The van der Waals surface area contributed by atoms with Gasteiger partial charge < -0.3 is 9.64 Å². The van der Waals surface area contributed by atoms with Crippen molar-refractivity contribution in [1.29, 1.82) is 0 Å². The zero-order valence-corrected chi connectivity index (χ0v) is 20.1. The number of hydrogen-bond acceptors (Lipinski definition) is 4. The fourth-order valence-corrected chi connectivity index (χ4v) is 3.50. The number of halogens is 1. The molecule has 0 spiro atoms. The molecule has 2 aromatic carbocycles. The molecule has 0 unspecified atom stereocenters. The minimum atomic E-state index is -0.332. The van der Waals surface area contributed by atoms with Crippen LogP contribution in [0.5, 0.6) is 0 Å². The molecule has 0 aliphatic carbocycles. The van der Waals surface area contributed by atoms with E-state index in [4.69, 9.17) is 16.3 Å². The van der Waals surface area contributed by atoms with E-state index in [1.807, 2.05) is 67.9 Å². The van der Waals surface area contributed by atoms with E-state index in [0.717, 1.165) is 16.8 Å². The number of methoxy groups -OCH3 is 1. The summed E-state index contributed by atoms with van der Waals surface area (Å²) in [7, 11) is 1.46. The predicted molar refractivity (Wildman–Crippen MR) is 131 cm³/mol. The van der Waals surface area contributed by atoms with Crippen LogP contribution in [0, 0.1) is 12.8 Å². The number of anilines is 1. The third-order valence-electron chi connectivity index (χ3n) is 4.95. The van der Waals surface area contributed by atoms with E-state index in [0.29, 0.717) is 23.2 Å². The average Bonchev–Trinajstić information content (AvgIpc) is 3.17. The van der Waals surface area contributed by atoms with E-state index in [1.165, 1.54) is 12.0 Å². The van der Waals surface area contributed by atoms with Gasteiger partial charge in [-0.05, 0) is 37.1 Å². The normalized spacial score (nSPS) is 11.0. The fraction of sp³-hybridized carbons (Fsp3) is 0.320. The molecule has 0 aliphatic rings. The summed E-state index contributed by atoms with van der Waals surface area (Å²) < 4.78 is 6.79. The van der Waals surface area contributed by atoms with Gasteiger partial charge in [0.15, 0.2) is 0 Å². The van der Waals surface area contributed by atoms with Crippen molar-refractivity contribution in [1.82, 2.24) is 14.5 Å². The third-order valence-corrected chi connectivity index (χ3v) is 5.20. The first-order valence-electron chi connectivity index (χ1n) is 10.8.